The summed E-state index contributed by atoms with van der Waals surface area (Å²) in [4.78, 5) is 2.60. The number of halogens is 2. The second kappa shape index (κ2) is 7.58. The fraction of sp³-hybridized carbons (Fsp3) is 0.364. The van der Waals surface area contributed by atoms with Gasteiger partial charge in [-0.2, -0.15) is 8.78 Å². The Morgan fingerprint density at radius 2 is 1.88 bits per heavy atom. The van der Waals surface area contributed by atoms with Gasteiger partial charge in [-0.25, -0.2) is 0 Å². The molecule has 2 heterocycles. The van der Waals surface area contributed by atoms with Gasteiger partial charge in [0.05, 0.1) is 0 Å². The third kappa shape index (κ3) is 3.80. The highest BCUT2D eigenvalue weighted by Crippen LogP contribution is 2.38. The van der Waals surface area contributed by atoms with E-state index in [-0.39, 0.29) is 5.75 Å². The van der Waals surface area contributed by atoms with E-state index in [1.165, 1.54) is 24.0 Å². The summed E-state index contributed by atoms with van der Waals surface area (Å²) in [5, 5.41) is 0. The molecule has 2 nitrogen and oxygen atoms in total. The molecule has 2 aromatic rings. The standard InChI is InChI=1S/C22H23F2NO/c23-22(24)26-21-11-4-8-17(14-21)18-12-19-9-5-10-20(13-18)25(19)15-16-6-2-1-3-7-16/h1-4,6-8,11-12,14,19-20,22H,5,9-10,13,15H2. The number of fused-ring (bicyclic) bond motifs is 2. The van der Waals surface area contributed by atoms with Crippen LogP contribution in [0.5, 0.6) is 5.75 Å². The minimum atomic E-state index is -2.79. The predicted octanol–water partition coefficient (Wildman–Crippen LogP) is 5.50. The Bertz CT molecular complexity index is 775. The summed E-state index contributed by atoms with van der Waals surface area (Å²) in [6, 6.07) is 18.6. The molecule has 136 valence electrons. The quantitative estimate of drug-likeness (QED) is 0.702. The first-order valence-electron chi connectivity index (χ1n) is 9.24. The summed E-state index contributed by atoms with van der Waals surface area (Å²) in [5.74, 6) is 0.232. The van der Waals surface area contributed by atoms with Crippen molar-refractivity contribution >= 4 is 5.57 Å². The molecular formula is C22H23F2NO. The third-order valence-corrected chi connectivity index (χ3v) is 5.42. The van der Waals surface area contributed by atoms with Crippen LogP contribution in [0, 0.1) is 0 Å². The smallest absolute Gasteiger partial charge is 0.387 e. The highest BCUT2D eigenvalue weighted by Gasteiger charge is 2.34. The van der Waals surface area contributed by atoms with Crippen LogP contribution in [-0.4, -0.2) is 23.6 Å². The van der Waals surface area contributed by atoms with Gasteiger partial charge >= 0.3 is 6.61 Å². The van der Waals surface area contributed by atoms with Gasteiger partial charge in [-0.3, -0.25) is 4.90 Å². The topological polar surface area (TPSA) is 12.5 Å². The van der Waals surface area contributed by atoms with Crippen LogP contribution in [0.1, 0.15) is 36.8 Å². The second-order valence-corrected chi connectivity index (χ2v) is 7.11. The first-order chi connectivity index (χ1) is 12.7. The molecule has 2 bridgehead atoms. The number of hydrogen-bond acceptors (Lipinski definition) is 2. The normalized spacial score (nSPS) is 23.0. The lowest BCUT2D eigenvalue weighted by Gasteiger charge is -2.45. The van der Waals surface area contributed by atoms with Gasteiger partial charge in [-0.15, -0.1) is 0 Å². The van der Waals surface area contributed by atoms with Crippen molar-refractivity contribution in [2.45, 2.75) is 50.9 Å². The van der Waals surface area contributed by atoms with Crippen molar-refractivity contribution in [2.24, 2.45) is 0 Å². The predicted molar refractivity (Wildman–Crippen MR) is 99.1 cm³/mol. The van der Waals surface area contributed by atoms with Crippen LogP contribution in [0.4, 0.5) is 8.78 Å². The summed E-state index contributed by atoms with van der Waals surface area (Å²) >= 11 is 0. The fourth-order valence-electron chi connectivity index (χ4n) is 4.24. The Labute approximate surface area is 153 Å². The van der Waals surface area contributed by atoms with Gasteiger partial charge < -0.3 is 4.74 Å². The molecule has 4 heteroatoms. The van der Waals surface area contributed by atoms with Gasteiger partial charge in [0.1, 0.15) is 5.75 Å². The molecule has 4 rings (SSSR count). The Morgan fingerprint density at radius 1 is 1.04 bits per heavy atom. The number of ether oxygens (including phenoxy) is 1. The molecule has 0 amide bonds. The van der Waals surface area contributed by atoms with Crippen LogP contribution < -0.4 is 4.74 Å². The van der Waals surface area contributed by atoms with E-state index in [4.69, 9.17) is 0 Å². The maximum Gasteiger partial charge on any atom is 0.387 e. The highest BCUT2D eigenvalue weighted by atomic mass is 19.3. The third-order valence-electron chi connectivity index (χ3n) is 5.42. The van der Waals surface area contributed by atoms with E-state index in [0.717, 1.165) is 24.9 Å². The van der Waals surface area contributed by atoms with Crippen LogP contribution in [-0.2, 0) is 6.54 Å². The Morgan fingerprint density at radius 3 is 2.65 bits per heavy atom. The molecule has 0 radical (unpaired) electrons. The van der Waals surface area contributed by atoms with Crippen LogP contribution in [0.3, 0.4) is 0 Å². The molecule has 0 N–H and O–H groups in total. The summed E-state index contributed by atoms with van der Waals surface area (Å²) in [6.45, 7) is -1.82. The molecule has 0 spiro atoms. The summed E-state index contributed by atoms with van der Waals surface area (Å²) in [7, 11) is 0. The average Bonchev–Trinajstić information content (AvgIpc) is 2.62. The number of hydrogen-bond donors (Lipinski definition) is 0. The monoisotopic (exact) mass is 355 g/mol. The van der Waals surface area contributed by atoms with E-state index in [9.17, 15) is 8.78 Å². The molecule has 2 unspecified atom stereocenters. The van der Waals surface area contributed by atoms with E-state index in [1.54, 1.807) is 18.2 Å². The van der Waals surface area contributed by atoms with Gasteiger partial charge in [0.2, 0.25) is 0 Å². The fourth-order valence-corrected chi connectivity index (χ4v) is 4.24. The zero-order valence-electron chi connectivity index (χ0n) is 14.7. The number of piperidine rings is 1. The van der Waals surface area contributed by atoms with Crippen LogP contribution >= 0.6 is 0 Å². The van der Waals surface area contributed by atoms with E-state index >= 15 is 0 Å². The molecule has 2 aliphatic heterocycles. The highest BCUT2D eigenvalue weighted by molar-refractivity contribution is 5.68. The lowest BCUT2D eigenvalue weighted by atomic mass is 9.82. The van der Waals surface area contributed by atoms with Gasteiger partial charge in [-0.1, -0.05) is 55.0 Å². The molecular weight excluding hydrogens is 332 g/mol. The number of nitrogens with zero attached hydrogens (tertiary/aromatic N) is 1. The first-order valence-corrected chi connectivity index (χ1v) is 9.24. The Balaban J connectivity index is 1.56. The zero-order chi connectivity index (χ0) is 17.9. The summed E-state index contributed by atoms with van der Waals surface area (Å²) in [5.41, 5.74) is 3.59. The second-order valence-electron chi connectivity index (χ2n) is 7.11. The minimum absolute atomic E-state index is 0.232. The lowest BCUT2D eigenvalue weighted by Crippen LogP contribution is -2.47. The van der Waals surface area contributed by atoms with Gasteiger partial charge in [-0.05, 0) is 48.1 Å². The largest absolute Gasteiger partial charge is 0.435 e. The van der Waals surface area contributed by atoms with Crippen molar-refractivity contribution in [3.05, 3.63) is 71.8 Å². The molecule has 1 fully saturated rings. The van der Waals surface area contributed by atoms with E-state index in [0.29, 0.717) is 12.1 Å². The van der Waals surface area contributed by atoms with Crippen molar-refractivity contribution in [2.75, 3.05) is 0 Å². The molecule has 2 aromatic carbocycles. The number of alkyl halides is 2. The molecule has 0 aliphatic carbocycles. The van der Waals surface area contributed by atoms with Gasteiger partial charge in [0, 0.05) is 18.6 Å². The van der Waals surface area contributed by atoms with E-state index < -0.39 is 6.61 Å². The molecule has 0 saturated carbocycles. The van der Waals surface area contributed by atoms with Crippen molar-refractivity contribution < 1.29 is 13.5 Å². The Kier molecular flexibility index (Phi) is 5.02. The van der Waals surface area contributed by atoms with Gasteiger partial charge in [0.15, 0.2) is 0 Å². The van der Waals surface area contributed by atoms with Crippen molar-refractivity contribution in [3.63, 3.8) is 0 Å². The maximum absolute atomic E-state index is 12.5. The minimum Gasteiger partial charge on any atom is -0.435 e. The van der Waals surface area contributed by atoms with Gasteiger partial charge in [0.25, 0.3) is 0 Å². The molecule has 0 aromatic heterocycles. The van der Waals surface area contributed by atoms with Crippen LogP contribution in [0.15, 0.2) is 60.7 Å². The summed E-state index contributed by atoms with van der Waals surface area (Å²) < 4.78 is 29.6. The zero-order valence-corrected chi connectivity index (χ0v) is 14.7. The maximum atomic E-state index is 12.5. The molecule has 2 atom stereocenters. The SMILES string of the molecule is FC(F)Oc1cccc(C2=CC3CCCC(C2)N3Cc2ccccc2)c1. The average molecular weight is 355 g/mol. The van der Waals surface area contributed by atoms with Crippen LogP contribution in [0.25, 0.3) is 5.57 Å². The lowest BCUT2D eigenvalue weighted by molar-refractivity contribution is -0.0498. The Hall–Kier alpha value is -2.20. The van der Waals surface area contributed by atoms with E-state index in [2.05, 4.69) is 40.0 Å². The molecule has 26 heavy (non-hydrogen) atoms. The summed E-state index contributed by atoms with van der Waals surface area (Å²) in [6.07, 6.45) is 6.88. The molecule has 2 aliphatic rings. The van der Waals surface area contributed by atoms with Crippen molar-refractivity contribution in [1.29, 1.82) is 0 Å². The van der Waals surface area contributed by atoms with E-state index in [1.807, 2.05) is 12.1 Å². The van der Waals surface area contributed by atoms with Crippen LogP contribution in [0.2, 0.25) is 0 Å². The first kappa shape index (κ1) is 17.2. The molecule has 1 saturated heterocycles. The number of benzene rings is 2. The van der Waals surface area contributed by atoms with Crippen molar-refractivity contribution in [1.82, 2.24) is 4.90 Å². The van der Waals surface area contributed by atoms with Crippen molar-refractivity contribution in [3.8, 4) is 5.75 Å². The number of rotatable bonds is 5.